The highest BCUT2D eigenvalue weighted by Crippen LogP contribution is 2.60. The molecule has 8 aliphatic rings. The molecule has 0 radical (unpaired) electrons. The molecule has 0 N–H and O–H groups in total. The Labute approximate surface area is 265 Å². The summed E-state index contributed by atoms with van der Waals surface area (Å²) in [5.74, 6) is 5.50. The largest absolute Gasteiger partial charge is 0.422 e. The van der Waals surface area contributed by atoms with Crippen LogP contribution in [0.4, 0.5) is 0 Å². The Hall–Kier alpha value is -3.99. The molecule has 7 aromatic rings. The van der Waals surface area contributed by atoms with Crippen LogP contribution in [0.3, 0.4) is 0 Å². The van der Waals surface area contributed by atoms with Crippen LogP contribution in [0.25, 0.3) is 59.8 Å². The minimum Gasteiger partial charge on any atom is -0.422 e. The average Bonchev–Trinajstić information content (AvgIpc) is 3.44. The van der Waals surface area contributed by atoms with Crippen molar-refractivity contribution >= 4 is 59.8 Å². The Morgan fingerprint density at radius 2 is 1.15 bits per heavy atom. The highest BCUT2D eigenvalue weighted by Gasteiger charge is 2.46. The van der Waals surface area contributed by atoms with E-state index in [4.69, 9.17) is 14.4 Å². The summed E-state index contributed by atoms with van der Waals surface area (Å²) in [6, 6.07) is 10.5. The smallest absolute Gasteiger partial charge is 0.344 e. The molecule has 15 rings (SSSR count). The molecule has 4 fully saturated rings. The molecule has 8 aliphatic carbocycles. The van der Waals surface area contributed by atoms with Gasteiger partial charge in [-0.05, 0) is 123 Å². The molecule has 46 heavy (non-hydrogen) atoms. The molecule has 0 spiro atoms. The normalized spacial score (nSPS) is 32.4. The van der Waals surface area contributed by atoms with Gasteiger partial charge in [-0.15, -0.1) is 0 Å². The zero-order valence-corrected chi connectivity index (χ0v) is 25.9. The number of hydrogen-bond donors (Lipinski definition) is 0. The maximum atomic E-state index is 14.3. The van der Waals surface area contributed by atoms with Crippen LogP contribution in [0, 0.1) is 23.7 Å². The van der Waals surface area contributed by atoms with E-state index in [1.165, 1.54) is 114 Å². The van der Waals surface area contributed by atoms with Gasteiger partial charge in [-0.3, -0.25) is 9.97 Å². The van der Waals surface area contributed by atoms with Crippen molar-refractivity contribution in [1.82, 2.24) is 14.4 Å². The molecule has 5 aromatic heterocycles. The molecule has 5 heteroatoms. The van der Waals surface area contributed by atoms with Gasteiger partial charge in [0.05, 0.1) is 34.3 Å². The van der Waals surface area contributed by atoms with Gasteiger partial charge < -0.3 is 8.82 Å². The zero-order valence-electron chi connectivity index (χ0n) is 25.9. The van der Waals surface area contributed by atoms with E-state index >= 15 is 0 Å². The van der Waals surface area contributed by atoms with Crippen LogP contribution >= 0.6 is 0 Å². The van der Waals surface area contributed by atoms with Gasteiger partial charge in [-0.25, -0.2) is 4.79 Å². The van der Waals surface area contributed by atoms with Crippen molar-refractivity contribution in [3.05, 3.63) is 75.7 Å². The Kier molecular flexibility index (Phi) is 4.17. The predicted molar refractivity (Wildman–Crippen MR) is 181 cm³/mol. The standard InChI is InChI=1S/C41H35N3O2/c45-41-35-27(26-3-1-2-4-31(26)46-41)15-28-34-29(16-42-38-24-11-18-5-19(12-24)8-22(7-18)32(34)38)44-30-17-43-39-25-13-20-6-21(14-25)10-23(9-20)33(39)36(30)37(35)40(28)44/h1-4,15-25H,5-14H2. The lowest BCUT2D eigenvalue weighted by molar-refractivity contribution is 0.165. The number of pyridine rings is 2. The van der Waals surface area contributed by atoms with E-state index in [9.17, 15) is 4.79 Å². The maximum Gasteiger partial charge on any atom is 0.344 e. The van der Waals surface area contributed by atoms with E-state index in [1.54, 1.807) is 0 Å². The van der Waals surface area contributed by atoms with Crippen LogP contribution in [0.5, 0.6) is 0 Å². The lowest BCUT2D eigenvalue weighted by Gasteiger charge is -2.38. The number of benzene rings is 2. The molecular formula is C41H35N3O2. The molecule has 8 bridgehead atoms. The molecule has 226 valence electrons. The second-order valence-corrected chi connectivity index (χ2v) is 16.5. The highest BCUT2D eigenvalue weighted by molar-refractivity contribution is 6.34. The van der Waals surface area contributed by atoms with Crippen LogP contribution in [-0.2, 0) is 0 Å². The predicted octanol–water partition coefficient (Wildman–Crippen LogP) is 9.67. The third-order valence-corrected chi connectivity index (χ3v) is 14.2. The van der Waals surface area contributed by atoms with E-state index in [0.717, 1.165) is 50.7 Å². The first-order chi connectivity index (χ1) is 22.7. The van der Waals surface area contributed by atoms with Crippen molar-refractivity contribution in [2.24, 2.45) is 23.7 Å². The molecule has 4 saturated carbocycles. The highest BCUT2D eigenvalue weighted by atomic mass is 16.4. The van der Waals surface area contributed by atoms with Crippen molar-refractivity contribution in [2.75, 3.05) is 0 Å². The van der Waals surface area contributed by atoms with Crippen LogP contribution in [-0.4, -0.2) is 14.4 Å². The summed E-state index contributed by atoms with van der Waals surface area (Å²) in [7, 11) is 0. The second-order valence-electron chi connectivity index (χ2n) is 16.5. The number of nitrogens with zero attached hydrogens (tertiary/aromatic N) is 3. The SMILES string of the molecule is O=c1oc2ccccc2c2cc3c4c5c(ncc4n4c6cnc7c(c6c(c12)c34)C1CC2CC(CC7C2)C1)C1CC2CC(C1)CC5C2. The van der Waals surface area contributed by atoms with Gasteiger partial charge in [-0.1, -0.05) is 18.2 Å². The lowest BCUT2D eigenvalue weighted by atomic mass is 9.67. The number of rotatable bonds is 0. The summed E-state index contributed by atoms with van der Waals surface area (Å²) in [6.07, 6.45) is 17.5. The zero-order chi connectivity index (χ0) is 29.6. The Morgan fingerprint density at radius 1 is 0.587 bits per heavy atom. The number of para-hydroxylation sites is 1. The monoisotopic (exact) mass is 601 g/mol. The number of hydrogen-bond acceptors (Lipinski definition) is 4. The number of fused-ring (bicyclic) bond motifs is 10. The number of aromatic nitrogens is 3. The molecule has 4 unspecified atom stereocenters. The summed E-state index contributed by atoms with van der Waals surface area (Å²) in [5, 5.41) is 7.93. The van der Waals surface area contributed by atoms with E-state index in [-0.39, 0.29) is 5.63 Å². The third kappa shape index (κ3) is 2.74. The van der Waals surface area contributed by atoms with Gasteiger partial charge in [0.1, 0.15) is 5.58 Å². The van der Waals surface area contributed by atoms with E-state index in [1.807, 2.05) is 12.1 Å². The summed E-state index contributed by atoms with van der Waals surface area (Å²) in [5.41, 5.74) is 9.74. The summed E-state index contributed by atoms with van der Waals surface area (Å²) in [6.45, 7) is 0. The molecule has 4 atom stereocenters. The lowest BCUT2D eigenvalue weighted by Crippen LogP contribution is -2.25. The Morgan fingerprint density at radius 3 is 1.80 bits per heavy atom. The molecule has 0 aliphatic heterocycles. The van der Waals surface area contributed by atoms with Gasteiger partial charge in [0.25, 0.3) is 0 Å². The van der Waals surface area contributed by atoms with Crippen molar-refractivity contribution in [1.29, 1.82) is 0 Å². The molecule has 5 heterocycles. The maximum absolute atomic E-state index is 14.3. The fourth-order valence-electron chi connectivity index (χ4n) is 13.1. The van der Waals surface area contributed by atoms with Crippen LogP contribution in [0.15, 0.2) is 51.9 Å². The van der Waals surface area contributed by atoms with Crippen LogP contribution < -0.4 is 5.63 Å². The van der Waals surface area contributed by atoms with Gasteiger partial charge in [0, 0.05) is 55.5 Å². The van der Waals surface area contributed by atoms with Crippen molar-refractivity contribution < 1.29 is 4.42 Å². The quantitative estimate of drug-likeness (QED) is 0.128. The fraction of sp³-hybridized carbons (Fsp3) is 0.439. The molecule has 0 amide bonds. The first kappa shape index (κ1) is 24.2. The van der Waals surface area contributed by atoms with Crippen LogP contribution in [0.1, 0.15) is 110 Å². The van der Waals surface area contributed by atoms with Gasteiger partial charge in [0.2, 0.25) is 0 Å². The fourth-order valence-corrected chi connectivity index (χ4v) is 13.1. The van der Waals surface area contributed by atoms with Crippen molar-refractivity contribution in [2.45, 2.75) is 87.9 Å². The minimum atomic E-state index is -0.215. The van der Waals surface area contributed by atoms with E-state index < -0.39 is 0 Å². The third-order valence-electron chi connectivity index (χ3n) is 14.2. The second kappa shape index (κ2) is 7.93. The first-order valence-corrected chi connectivity index (χ1v) is 18.0. The molecule has 2 aromatic carbocycles. The topological polar surface area (TPSA) is 60.4 Å². The van der Waals surface area contributed by atoms with Crippen LogP contribution in [0.2, 0.25) is 0 Å². The first-order valence-electron chi connectivity index (χ1n) is 18.0. The minimum absolute atomic E-state index is 0.215. The van der Waals surface area contributed by atoms with Gasteiger partial charge in [0.15, 0.2) is 0 Å². The summed E-state index contributed by atoms with van der Waals surface area (Å²) >= 11 is 0. The summed E-state index contributed by atoms with van der Waals surface area (Å²) in [4.78, 5) is 25.0. The van der Waals surface area contributed by atoms with Gasteiger partial charge >= 0.3 is 5.63 Å². The van der Waals surface area contributed by atoms with E-state index in [2.05, 4.69) is 35.0 Å². The van der Waals surface area contributed by atoms with Crippen molar-refractivity contribution in [3.63, 3.8) is 0 Å². The molecule has 5 nitrogen and oxygen atoms in total. The Balaban J connectivity index is 1.28. The molecular weight excluding hydrogens is 566 g/mol. The molecule has 0 saturated heterocycles. The van der Waals surface area contributed by atoms with E-state index in [0.29, 0.717) is 29.3 Å². The Bertz CT molecular complexity index is 2570. The van der Waals surface area contributed by atoms with Gasteiger partial charge in [-0.2, -0.15) is 0 Å². The van der Waals surface area contributed by atoms with Crippen molar-refractivity contribution in [3.8, 4) is 0 Å². The summed E-state index contributed by atoms with van der Waals surface area (Å²) < 4.78 is 8.63. The average molecular weight is 602 g/mol.